The number of anilines is 2. The van der Waals surface area contributed by atoms with Crippen LogP contribution in [0, 0.1) is 5.92 Å². The summed E-state index contributed by atoms with van der Waals surface area (Å²) in [6, 6.07) is 12.7. The highest BCUT2D eigenvalue weighted by molar-refractivity contribution is 7.92. The lowest BCUT2D eigenvalue weighted by Crippen LogP contribution is -2.32. The van der Waals surface area contributed by atoms with Gasteiger partial charge in [0.25, 0.3) is 10.0 Å². The van der Waals surface area contributed by atoms with Crippen molar-refractivity contribution < 1.29 is 16.8 Å². The van der Waals surface area contributed by atoms with E-state index in [0.29, 0.717) is 24.7 Å². The zero-order valence-electron chi connectivity index (χ0n) is 18.3. The van der Waals surface area contributed by atoms with E-state index in [9.17, 15) is 16.8 Å². The van der Waals surface area contributed by atoms with Crippen molar-refractivity contribution in [3.05, 3.63) is 48.5 Å². The van der Waals surface area contributed by atoms with Gasteiger partial charge < -0.3 is 4.90 Å². The molecule has 2 aromatic rings. The van der Waals surface area contributed by atoms with Gasteiger partial charge in [-0.25, -0.2) is 16.8 Å². The fourth-order valence-electron chi connectivity index (χ4n) is 3.75. The number of sulfonamides is 2. The Bertz CT molecular complexity index is 1090. The van der Waals surface area contributed by atoms with Gasteiger partial charge in [0.05, 0.1) is 15.5 Å². The summed E-state index contributed by atoms with van der Waals surface area (Å²) in [6.07, 6.45) is 2.25. The second-order valence-electron chi connectivity index (χ2n) is 7.89. The molecular formula is C22H31N3O4S2. The Morgan fingerprint density at radius 2 is 1.52 bits per heavy atom. The monoisotopic (exact) mass is 465 g/mol. The molecule has 170 valence electrons. The lowest BCUT2D eigenvalue weighted by atomic mass is 9.99. The van der Waals surface area contributed by atoms with Gasteiger partial charge in [-0.2, -0.15) is 4.31 Å². The Labute approximate surface area is 186 Å². The number of rotatable bonds is 8. The third-order valence-electron chi connectivity index (χ3n) is 5.72. The molecule has 0 saturated carbocycles. The Morgan fingerprint density at radius 3 is 2.10 bits per heavy atom. The molecule has 9 heteroatoms. The highest BCUT2D eigenvalue weighted by Gasteiger charge is 2.23. The van der Waals surface area contributed by atoms with Crippen LogP contribution in [-0.2, 0) is 20.0 Å². The summed E-state index contributed by atoms with van der Waals surface area (Å²) in [6.45, 7) is 8.41. The molecule has 1 heterocycles. The minimum absolute atomic E-state index is 0.0168. The summed E-state index contributed by atoms with van der Waals surface area (Å²) < 4.78 is 54.9. The predicted molar refractivity (Wildman–Crippen MR) is 124 cm³/mol. The van der Waals surface area contributed by atoms with E-state index in [4.69, 9.17) is 0 Å². The summed E-state index contributed by atoms with van der Waals surface area (Å²) in [5, 5.41) is 0. The van der Waals surface area contributed by atoms with E-state index in [2.05, 4.69) is 16.5 Å². The fourth-order valence-corrected chi connectivity index (χ4v) is 6.26. The second kappa shape index (κ2) is 9.58. The zero-order chi connectivity index (χ0) is 22.6. The summed E-state index contributed by atoms with van der Waals surface area (Å²) in [5.41, 5.74) is 1.48. The summed E-state index contributed by atoms with van der Waals surface area (Å²) >= 11 is 0. The fraction of sp³-hybridized carbons (Fsp3) is 0.455. The van der Waals surface area contributed by atoms with Gasteiger partial charge in [-0.15, -0.1) is 0 Å². The highest BCUT2D eigenvalue weighted by atomic mass is 32.2. The van der Waals surface area contributed by atoms with Crippen molar-refractivity contribution in [2.24, 2.45) is 5.92 Å². The molecule has 7 nitrogen and oxygen atoms in total. The van der Waals surface area contributed by atoms with Crippen LogP contribution in [0.1, 0.15) is 33.6 Å². The van der Waals surface area contributed by atoms with Gasteiger partial charge in [-0.3, -0.25) is 4.72 Å². The maximum atomic E-state index is 12.9. The van der Waals surface area contributed by atoms with Crippen molar-refractivity contribution >= 4 is 31.4 Å². The molecule has 0 atom stereocenters. The molecule has 1 aliphatic heterocycles. The third kappa shape index (κ3) is 5.39. The lowest BCUT2D eigenvalue weighted by Gasteiger charge is -2.32. The van der Waals surface area contributed by atoms with E-state index < -0.39 is 20.0 Å². The molecule has 2 aromatic carbocycles. The Kier molecular flexibility index (Phi) is 7.28. The van der Waals surface area contributed by atoms with E-state index in [1.807, 2.05) is 18.2 Å². The molecule has 31 heavy (non-hydrogen) atoms. The van der Waals surface area contributed by atoms with Gasteiger partial charge in [-0.05, 0) is 61.2 Å². The molecule has 1 N–H and O–H groups in total. The number of nitrogens with zero attached hydrogens (tertiary/aromatic N) is 2. The molecule has 1 saturated heterocycles. The molecule has 1 fully saturated rings. The van der Waals surface area contributed by atoms with Gasteiger partial charge in [-0.1, -0.05) is 26.8 Å². The van der Waals surface area contributed by atoms with E-state index in [1.165, 1.54) is 28.6 Å². The number of hydrogen-bond donors (Lipinski definition) is 1. The number of nitrogens with one attached hydrogen (secondary N) is 1. The lowest BCUT2D eigenvalue weighted by molar-refractivity contribution is 0.438. The number of piperidine rings is 1. The second-order valence-corrected chi connectivity index (χ2v) is 11.5. The van der Waals surface area contributed by atoms with Crippen LogP contribution in [0.2, 0.25) is 0 Å². The minimum atomic E-state index is -3.84. The van der Waals surface area contributed by atoms with Crippen LogP contribution >= 0.6 is 0 Å². The standard InChI is InChI=1S/C22H31N3O4S2/c1-4-25(5-2)31(28,29)22-11-9-21(10-12-22)30(26,27)23-19-7-6-8-20(17-19)24-15-13-18(3)14-16-24/h6-12,17-18,23H,4-5,13-16H2,1-3H3. The normalized spacial score (nSPS) is 15.9. The van der Waals surface area contributed by atoms with Crippen LogP contribution in [-0.4, -0.2) is 47.3 Å². The molecular weight excluding hydrogens is 434 g/mol. The molecule has 1 aliphatic rings. The Balaban J connectivity index is 1.78. The average Bonchev–Trinajstić information content (AvgIpc) is 2.75. The SMILES string of the molecule is CCN(CC)S(=O)(=O)c1ccc(S(=O)(=O)Nc2cccc(N3CCC(C)CC3)c2)cc1. The number of benzene rings is 2. The van der Waals surface area contributed by atoms with Crippen molar-refractivity contribution in [3.63, 3.8) is 0 Å². The first-order valence-electron chi connectivity index (χ1n) is 10.7. The summed E-state index contributed by atoms with van der Waals surface area (Å²) in [5.74, 6) is 0.714. The Hall–Kier alpha value is -2.10. The van der Waals surface area contributed by atoms with Gasteiger partial charge >= 0.3 is 0 Å². The van der Waals surface area contributed by atoms with E-state index in [0.717, 1.165) is 31.6 Å². The van der Waals surface area contributed by atoms with Gasteiger partial charge in [0.2, 0.25) is 10.0 Å². The largest absolute Gasteiger partial charge is 0.371 e. The maximum Gasteiger partial charge on any atom is 0.261 e. The first-order chi connectivity index (χ1) is 14.7. The zero-order valence-corrected chi connectivity index (χ0v) is 19.9. The molecule has 0 amide bonds. The molecule has 0 spiro atoms. The first kappa shape index (κ1) is 23.6. The first-order valence-corrected chi connectivity index (χ1v) is 13.6. The third-order valence-corrected chi connectivity index (χ3v) is 9.19. The summed E-state index contributed by atoms with van der Waals surface area (Å²) in [4.78, 5) is 2.37. The summed E-state index contributed by atoms with van der Waals surface area (Å²) in [7, 11) is -7.47. The maximum absolute atomic E-state index is 12.9. The smallest absolute Gasteiger partial charge is 0.261 e. The molecule has 0 aromatic heterocycles. The molecule has 0 bridgehead atoms. The van der Waals surface area contributed by atoms with Gasteiger partial charge in [0.15, 0.2) is 0 Å². The number of hydrogen-bond acceptors (Lipinski definition) is 5. The molecule has 3 rings (SSSR count). The van der Waals surface area contributed by atoms with Gasteiger partial charge in [0, 0.05) is 31.9 Å². The van der Waals surface area contributed by atoms with Crippen molar-refractivity contribution in [2.45, 2.75) is 43.4 Å². The highest BCUT2D eigenvalue weighted by Crippen LogP contribution is 2.27. The van der Waals surface area contributed by atoms with Crippen LogP contribution in [0.25, 0.3) is 0 Å². The molecule has 0 aliphatic carbocycles. The van der Waals surface area contributed by atoms with E-state index in [1.54, 1.807) is 19.9 Å². The van der Waals surface area contributed by atoms with Crippen molar-refractivity contribution in [1.82, 2.24) is 4.31 Å². The Morgan fingerprint density at radius 1 is 0.935 bits per heavy atom. The van der Waals surface area contributed by atoms with Crippen LogP contribution in [0.15, 0.2) is 58.3 Å². The minimum Gasteiger partial charge on any atom is -0.371 e. The van der Waals surface area contributed by atoms with Crippen LogP contribution in [0.5, 0.6) is 0 Å². The quantitative estimate of drug-likeness (QED) is 0.642. The van der Waals surface area contributed by atoms with Gasteiger partial charge in [0.1, 0.15) is 0 Å². The van der Waals surface area contributed by atoms with Crippen LogP contribution in [0.3, 0.4) is 0 Å². The molecule has 0 radical (unpaired) electrons. The average molecular weight is 466 g/mol. The van der Waals surface area contributed by atoms with E-state index in [-0.39, 0.29) is 9.79 Å². The van der Waals surface area contributed by atoms with Crippen LogP contribution < -0.4 is 9.62 Å². The van der Waals surface area contributed by atoms with Crippen molar-refractivity contribution in [3.8, 4) is 0 Å². The van der Waals surface area contributed by atoms with Crippen molar-refractivity contribution in [1.29, 1.82) is 0 Å². The van der Waals surface area contributed by atoms with E-state index >= 15 is 0 Å². The predicted octanol–water partition coefficient (Wildman–Crippen LogP) is 3.75. The molecule has 0 unspecified atom stereocenters. The van der Waals surface area contributed by atoms with Crippen LogP contribution in [0.4, 0.5) is 11.4 Å². The topological polar surface area (TPSA) is 86.8 Å². The van der Waals surface area contributed by atoms with Crippen molar-refractivity contribution in [2.75, 3.05) is 35.8 Å².